The summed E-state index contributed by atoms with van der Waals surface area (Å²) in [5.74, 6) is -0.0516. The van der Waals surface area contributed by atoms with Gasteiger partial charge in [-0.25, -0.2) is 0 Å². The van der Waals surface area contributed by atoms with Crippen LogP contribution in [0.3, 0.4) is 0 Å². The maximum atomic E-state index is 11.8. The second kappa shape index (κ2) is 6.28. The van der Waals surface area contributed by atoms with Crippen LogP contribution in [0, 0.1) is 0 Å². The van der Waals surface area contributed by atoms with Gasteiger partial charge in [-0.1, -0.05) is 26.5 Å². The standard InChI is InChI=1S/C13H17NOS/c1-4-7-10(5-2)14-13(15)12-9-8-11(6-3)16-12/h5,7-9H,2,4,6H2,1,3H3,(H,14,15)/b10-7+. The first kappa shape index (κ1) is 12.7. The van der Waals surface area contributed by atoms with Crippen molar-refractivity contribution in [2.75, 3.05) is 0 Å². The highest BCUT2D eigenvalue weighted by Crippen LogP contribution is 2.17. The number of rotatable bonds is 5. The summed E-state index contributed by atoms with van der Waals surface area (Å²) in [6.45, 7) is 7.77. The minimum absolute atomic E-state index is 0.0516. The van der Waals surface area contributed by atoms with E-state index < -0.39 is 0 Å². The maximum absolute atomic E-state index is 11.8. The zero-order valence-corrected chi connectivity index (χ0v) is 10.6. The molecule has 0 aliphatic rings. The van der Waals surface area contributed by atoms with Crippen LogP contribution >= 0.6 is 11.3 Å². The first-order chi connectivity index (χ1) is 7.71. The lowest BCUT2D eigenvalue weighted by Gasteiger charge is -2.03. The van der Waals surface area contributed by atoms with E-state index in [0.717, 1.165) is 23.4 Å². The quantitative estimate of drug-likeness (QED) is 0.777. The molecule has 0 radical (unpaired) electrons. The average Bonchev–Trinajstić information content (AvgIpc) is 2.76. The van der Waals surface area contributed by atoms with E-state index in [1.54, 1.807) is 6.08 Å². The lowest BCUT2D eigenvalue weighted by molar-refractivity contribution is 0.0971. The molecule has 1 N–H and O–H groups in total. The molecular weight excluding hydrogens is 218 g/mol. The molecule has 0 atom stereocenters. The van der Waals surface area contributed by atoms with E-state index in [1.807, 2.05) is 25.1 Å². The van der Waals surface area contributed by atoms with Crippen molar-refractivity contribution < 1.29 is 4.79 Å². The van der Waals surface area contributed by atoms with Crippen molar-refractivity contribution in [3.05, 3.63) is 46.3 Å². The molecule has 1 aromatic rings. The molecule has 0 saturated heterocycles. The number of hydrogen-bond acceptors (Lipinski definition) is 2. The van der Waals surface area contributed by atoms with Crippen molar-refractivity contribution in [2.24, 2.45) is 0 Å². The third-order valence-electron chi connectivity index (χ3n) is 2.14. The SMILES string of the molecule is C=C/C(=C\CC)NC(=O)c1ccc(CC)s1. The molecule has 3 heteroatoms. The van der Waals surface area contributed by atoms with Gasteiger partial charge in [0.1, 0.15) is 0 Å². The van der Waals surface area contributed by atoms with Crippen LogP contribution in [0.2, 0.25) is 0 Å². The molecule has 0 aliphatic carbocycles. The van der Waals surface area contributed by atoms with Gasteiger partial charge in [0, 0.05) is 10.6 Å². The summed E-state index contributed by atoms with van der Waals surface area (Å²) in [7, 11) is 0. The molecule has 1 rings (SSSR count). The topological polar surface area (TPSA) is 29.1 Å². The Morgan fingerprint density at radius 2 is 2.25 bits per heavy atom. The Bertz CT molecular complexity index is 404. The number of carbonyl (C=O) groups is 1. The Balaban J connectivity index is 2.71. The van der Waals surface area contributed by atoms with Crippen LogP contribution < -0.4 is 5.32 Å². The van der Waals surface area contributed by atoms with Gasteiger partial charge in [0.05, 0.1) is 4.88 Å². The van der Waals surface area contributed by atoms with Crippen LogP contribution in [-0.2, 0) is 6.42 Å². The summed E-state index contributed by atoms with van der Waals surface area (Å²) in [4.78, 5) is 13.8. The molecule has 0 saturated carbocycles. The second-order valence-corrected chi connectivity index (χ2v) is 4.51. The zero-order valence-electron chi connectivity index (χ0n) is 9.75. The van der Waals surface area contributed by atoms with E-state index in [9.17, 15) is 4.79 Å². The van der Waals surface area contributed by atoms with E-state index in [2.05, 4.69) is 18.8 Å². The highest BCUT2D eigenvalue weighted by molar-refractivity contribution is 7.14. The molecule has 2 nitrogen and oxygen atoms in total. The Morgan fingerprint density at radius 3 is 2.75 bits per heavy atom. The monoisotopic (exact) mass is 235 g/mol. The number of thiophene rings is 1. The van der Waals surface area contributed by atoms with Crippen molar-refractivity contribution in [3.63, 3.8) is 0 Å². The largest absolute Gasteiger partial charge is 0.322 e. The van der Waals surface area contributed by atoms with Crippen LogP contribution in [0.25, 0.3) is 0 Å². The number of aryl methyl sites for hydroxylation is 1. The smallest absolute Gasteiger partial charge is 0.265 e. The minimum Gasteiger partial charge on any atom is -0.322 e. The highest BCUT2D eigenvalue weighted by Gasteiger charge is 2.08. The number of carbonyl (C=O) groups excluding carboxylic acids is 1. The lowest BCUT2D eigenvalue weighted by Crippen LogP contribution is -2.20. The summed E-state index contributed by atoms with van der Waals surface area (Å²) in [5, 5.41) is 2.84. The fraction of sp³-hybridized carbons (Fsp3) is 0.308. The Hall–Kier alpha value is -1.35. The fourth-order valence-corrected chi connectivity index (χ4v) is 2.13. The van der Waals surface area contributed by atoms with Gasteiger partial charge < -0.3 is 5.32 Å². The molecule has 0 aromatic carbocycles. The summed E-state index contributed by atoms with van der Waals surface area (Å²) in [5.41, 5.74) is 0.777. The number of amides is 1. The van der Waals surface area contributed by atoms with E-state index >= 15 is 0 Å². The van der Waals surface area contributed by atoms with Crippen LogP contribution in [0.4, 0.5) is 0 Å². The molecule has 16 heavy (non-hydrogen) atoms. The van der Waals surface area contributed by atoms with Crippen molar-refractivity contribution in [1.82, 2.24) is 5.32 Å². The molecule has 0 unspecified atom stereocenters. The predicted octanol–water partition coefficient (Wildman–Crippen LogP) is 3.52. The number of allylic oxidation sites excluding steroid dienone is 2. The van der Waals surface area contributed by atoms with Gasteiger partial charge in [-0.15, -0.1) is 11.3 Å². The Labute approximate surface area is 101 Å². The van der Waals surface area contributed by atoms with Gasteiger partial charge in [0.2, 0.25) is 0 Å². The van der Waals surface area contributed by atoms with Crippen molar-refractivity contribution in [1.29, 1.82) is 0 Å². The molecule has 0 bridgehead atoms. The predicted molar refractivity (Wildman–Crippen MR) is 69.7 cm³/mol. The van der Waals surface area contributed by atoms with Gasteiger partial charge in [-0.05, 0) is 31.1 Å². The van der Waals surface area contributed by atoms with Crippen molar-refractivity contribution >= 4 is 17.2 Å². The van der Waals surface area contributed by atoms with Gasteiger partial charge in [0.25, 0.3) is 5.91 Å². The van der Waals surface area contributed by atoms with Crippen LogP contribution in [0.1, 0.15) is 34.8 Å². The van der Waals surface area contributed by atoms with E-state index in [-0.39, 0.29) is 5.91 Å². The summed E-state index contributed by atoms with van der Waals surface area (Å²) >= 11 is 1.54. The molecular formula is C13H17NOS. The lowest BCUT2D eigenvalue weighted by atomic mass is 10.3. The van der Waals surface area contributed by atoms with E-state index in [4.69, 9.17) is 0 Å². The zero-order chi connectivity index (χ0) is 12.0. The van der Waals surface area contributed by atoms with Crippen molar-refractivity contribution in [2.45, 2.75) is 26.7 Å². The van der Waals surface area contributed by atoms with Crippen LogP contribution in [0.15, 0.2) is 36.6 Å². The number of nitrogens with one attached hydrogen (secondary N) is 1. The van der Waals surface area contributed by atoms with E-state index in [1.165, 1.54) is 16.2 Å². The summed E-state index contributed by atoms with van der Waals surface area (Å²) in [6.07, 6.45) is 5.46. The molecule has 0 aliphatic heterocycles. The second-order valence-electron chi connectivity index (χ2n) is 3.35. The van der Waals surface area contributed by atoms with Crippen LogP contribution in [0.5, 0.6) is 0 Å². The maximum Gasteiger partial charge on any atom is 0.265 e. The highest BCUT2D eigenvalue weighted by atomic mass is 32.1. The molecule has 1 aromatic heterocycles. The molecule has 86 valence electrons. The molecule has 1 heterocycles. The van der Waals surface area contributed by atoms with Gasteiger partial charge >= 0.3 is 0 Å². The van der Waals surface area contributed by atoms with Gasteiger partial charge in [0.15, 0.2) is 0 Å². The summed E-state index contributed by atoms with van der Waals surface area (Å²) < 4.78 is 0. The minimum atomic E-state index is -0.0516. The molecule has 0 spiro atoms. The number of hydrogen-bond donors (Lipinski definition) is 1. The third kappa shape index (κ3) is 3.35. The first-order valence-electron chi connectivity index (χ1n) is 5.43. The molecule has 1 amide bonds. The van der Waals surface area contributed by atoms with E-state index in [0.29, 0.717) is 0 Å². The first-order valence-corrected chi connectivity index (χ1v) is 6.25. The Morgan fingerprint density at radius 1 is 1.50 bits per heavy atom. The van der Waals surface area contributed by atoms with Gasteiger partial charge in [-0.3, -0.25) is 4.79 Å². The van der Waals surface area contributed by atoms with Crippen LogP contribution in [-0.4, -0.2) is 5.91 Å². The normalized spacial score (nSPS) is 11.2. The average molecular weight is 235 g/mol. The fourth-order valence-electron chi connectivity index (χ4n) is 1.29. The summed E-state index contributed by atoms with van der Waals surface area (Å²) in [6, 6.07) is 3.86. The molecule has 0 fully saturated rings. The third-order valence-corrected chi connectivity index (χ3v) is 3.36. The Kier molecular flexibility index (Phi) is 4.99. The van der Waals surface area contributed by atoms with Crippen molar-refractivity contribution in [3.8, 4) is 0 Å². The van der Waals surface area contributed by atoms with Gasteiger partial charge in [-0.2, -0.15) is 0 Å².